The van der Waals surface area contributed by atoms with Crippen molar-refractivity contribution in [1.29, 1.82) is 0 Å². The lowest BCUT2D eigenvalue weighted by Crippen LogP contribution is -2.12. The molecule has 1 atom stereocenters. The molecule has 1 heteroatoms. The summed E-state index contributed by atoms with van der Waals surface area (Å²) in [7, 11) is 0. The molecule has 1 aromatic rings. The maximum absolute atomic E-state index is 3.66. The van der Waals surface area contributed by atoms with Crippen LogP contribution in [-0.2, 0) is 0 Å². The predicted molar refractivity (Wildman–Crippen MR) is 74.6 cm³/mol. The third-order valence-corrected chi connectivity index (χ3v) is 3.22. The average molecular weight is 275 g/mol. The van der Waals surface area contributed by atoms with Gasteiger partial charge in [0.1, 0.15) is 0 Å². The highest BCUT2D eigenvalue weighted by molar-refractivity contribution is 9.10. The second kappa shape index (κ2) is 4.84. The van der Waals surface area contributed by atoms with Crippen LogP contribution in [-0.4, -0.2) is 4.32 Å². The lowest BCUT2D eigenvalue weighted by Gasteiger charge is -2.19. The van der Waals surface area contributed by atoms with E-state index in [1.165, 1.54) is 11.1 Å². The molecule has 0 aromatic heterocycles. The molecule has 16 heavy (non-hydrogen) atoms. The van der Waals surface area contributed by atoms with E-state index in [0.717, 1.165) is 6.42 Å². The normalized spacial score (nSPS) is 24.8. The van der Waals surface area contributed by atoms with Crippen LogP contribution in [0.5, 0.6) is 0 Å². The van der Waals surface area contributed by atoms with Gasteiger partial charge in [-0.2, -0.15) is 0 Å². The van der Waals surface area contributed by atoms with E-state index >= 15 is 0 Å². The van der Waals surface area contributed by atoms with Gasteiger partial charge in [-0.1, -0.05) is 76.6 Å². The molecule has 0 saturated heterocycles. The molecule has 1 aliphatic carbocycles. The Hall–Kier alpha value is -1.08. The van der Waals surface area contributed by atoms with Gasteiger partial charge in [-0.15, -0.1) is 0 Å². The van der Waals surface area contributed by atoms with Crippen LogP contribution in [0.25, 0.3) is 6.08 Å². The van der Waals surface area contributed by atoms with Crippen molar-refractivity contribution in [3.05, 3.63) is 65.8 Å². The number of alkyl halides is 1. The van der Waals surface area contributed by atoms with Crippen molar-refractivity contribution in [2.45, 2.75) is 17.7 Å². The summed E-state index contributed by atoms with van der Waals surface area (Å²) in [6.07, 6.45) is 12.0. The van der Waals surface area contributed by atoms with Gasteiger partial charge >= 0.3 is 0 Å². The summed E-state index contributed by atoms with van der Waals surface area (Å²) in [5, 5.41) is 0. The quantitative estimate of drug-likeness (QED) is 0.684. The van der Waals surface area contributed by atoms with Crippen LogP contribution in [0.15, 0.2) is 60.2 Å². The maximum atomic E-state index is 3.66. The molecule has 0 nitrogen and oxygen atoms in total. The molecule has 0 amide bonds. The van der Waals surface area contributed by atoms with Crippen LogP contribution in [0.2, 0.25) is 0 Å². The number of benzene rings is 1. The number of rotatable bonds is 2. The molecule has 1 unspecified atom stereocenters. The van der Waals surface area contributed by atoms with Gasteiger partial charge in [0.2, 0.25) is 0 Å². The summed E-state index contributed by atoms with van der Waals surface area (Å²) in [6, 6.07) is 10.4. The number of allylic oxidation sites excluding steroid dienone is 5. The van der Waals surface area contributed by atoms with Gasteiger partial charge in [-0.05, 0) is 24.5 Å². The van der Waals surface area contributed by atoms with E-state index in [4.69, 9.17) is 0 Å². The van der Waals surface area contributed by atoms with Crippen LogP contribution in [0, 0.1) is 0 Å². The zero-order valence-electron chi connectivity index (χ0n) is 9.36. The van der Waals surface area contributed by atoms with Crippen molar-refractivity contribution < 1.29 is 0 Å². The summed E-state index contributed by atoms with van der Waals surface area (Å²) >= 11 is 3.66. The third kappa shape index (κ3) is 3.21. The van der Waals surface area contributed by atoms with Crippen LogP contribution >= 0.6 is 15.9 Å². The summed E-state index contributed by atoms with van der Waals surface area (Å²) in [4.78, 5) is 0. The largest absolute Gasteiger partial charge is 0.0807 e. The standard InChI is InChI=1S/C15H15Br/c1-15(16)11-9-14(10-12-15)8-7-13-5-3-2-4-6-13/h2-11H,12H2,1H3. The zero-order valence-corrected chi connectivity index (χ0v) is 10.9. The van der Waals surface area contributed by atoms with Crippen molar-refractivity contribution in [1.82, 2.24) is 0 Å². The Morgan fingerprint density at radius 2 is 1.94 bits per heavy atom. The molecule has 0 saturated carbocycles. The summed E-state index contributed by atoms with van der Waals surface area (Å²) < 4.78 is 0.136. The van der Waals surface area contributed by atoms with Gasteiger partial charge in [0, 0.05) is 4.32 Å². The first-order chi connectivity index (χ1) is 7.66. The van der Waals surface area contributed by atoms with Crippen molar-refractivity contribution in [3.63, 3.8) is 0 Å². The molecule has 1 aliphatic rings. The van der Waals surface area contributed by atoms with Crippen LogP contribution in [0.1, 0.15) is 18.9 Å². The van der Waals surface area contributed by atoms with Gasteiger partial charge in [0.15, 0.2) is 0 Å². The Kier molecular flexibility index (Phi) is 3.45. The van der Waals surface area contributed by atoms with Gasteiger partial charge in [-0.25, -0.2) is 0 Å². The number of hydrogen-bond acceptors (Lipinski definition) is 0. The van der Waals surface area contributed by atoms with E-state index < -0.39 is 0 Å². The molecule has 0 N–H and O–H groups in total. The van der Waals surface area contributed by atoms with Crippen molar-refractivity contribution in [2.75, 3.05) is 0 Å². The first kappa shape index (κ1) is 11.4. The SMILES string of the molecule is CC1(Br)C=CC(C=Cc2ccccc2)=CC1. The smallest absolute Gasteiger partial charge is 0.0446 e. The maximum Gasteiger partial charge on any atom is 0.0446 e. The van der Waals surface area contributed by atoms with E-state index in [1.807, 2.05) is 6.07 Å². The highest BCUT2D eigenvalue weighted by Gasteiger charge is 2.16. The highest BCUT2D eigenvalue weighted by Crippen LogP contribution is 2.29. The summed E-state index contributed by atoms with van der Waals surface area (Å²) in [5.41, 5.74) is 2.52. The average Bonchev–Trinajstić information content (AvgIpc) is 2.29. The molecule has 82 valence electrons. The second-order valence-electron chi connectivity index (χ2n) is 4.26. The third-order valence-electron chi connectivity index (χ3n) is 2.63. The van der Waals surface area contributed by atoms with Crippen molar-refractivity contribution >= 4 is 22.0 Å². The lowest BCUT2D eigenvalue weighted by molar-refractivity contribution is 0.811. The fourth-order valence-corrected chi connectivity index (χ4v) is 1.90. The fraction of sp³-hybridized carbons (Fsp3) is 0.200. The Morgan fingerprint density at radius 1 is 1.19 bits per heavy atom. The van der Waals surface area contributed by atoms with E-state index in [-0.39, 0.29) is 4.32 Å². The molecule has 1 aromatic carbocycles. The highest BCUT2D eigenvalue weighted by atomic mass is 79.9. The van der Waals surface area contributed by atoms with Crippen molar-refractivity contribution in [3.8, 4) is 0 Å². The van der Waals surface area contributed by atoms with Gasteiger partial charge < -0.3 is 0 Å². The monoisotopic (exact) mass is 274 g/mol. The van der Waals surface area contributed by atoms with E-state index in [2.05, 4.69) is 77.5 Å². The molecular formula is C15H15Br. The number of halogens is 1. The van der Waals surface area contributed by atoms with E-state index in [1.54, 1.807) is 0 Å². The first-order valence-electron chi connectivity index (χ1n) is 5.47. The van der Waals surface area contributed by atoms with Crippen LogP contribution < -0.4 is 0 Å². The van der Waals surface area contributed by atoms with Crippen LogP contribution in [0.3, 0.4) is 0 Å². The predicted octanol–water partition coefficient (Wildman–Crippen LogP) is 4.74. The second-order valence-corrected chi connectivity index (χ2v) is 6.08. The Bertz CT molecular complexity index is 436. The Labute approximate surface area is 106 Å². The minimum atomic E-state index is 0.136. The molecule has 2 rings (SSSR count). The topological polar surface area (TPSA) is 0 Å². The molecular weight excluding hydrogens is 260 g/mol. The molecule has 0 heterocycles. The molecule has 0 spiro atoms. The number of hydrogen-bond donors (Lipinski definition) is 0. The van der Waals surface area contributed by atoms with Gasteiger partial charge in [0.05, 0.1) is 0 Å². The van der Waals surface area contributed by atoms with Crippen LogP contribution in [0.4, 0.5) is 0 Å². The molecule has 0 bridgehead atoms. The minimum absolute atomic E-state index is 0.136. The van der Waals surface area contributed by atoms with Crippen molar-refractivity contribution in [2.24, 2.45) is 0 Å². The fourth-order valence-electron chi connectivity index (χ4n) is 1.60. The first-order valence-corrected chi connectivity index (χ1v) is 6.26. The summed E-state index contributed by atoms with van der Waals surface area (Å²) in [5.74, 6) is 0. The van der Waals surface area contributed by atoms with Gasteiger partial charge in [0.25, 0.3) is 0 Å². The summed E-state index contributed by atoms with van der Waals surface area (Å²) in [6.45, 7) is 2.18. The molecule has 0 radical (unpaired) electrons. The molecule has 0 aliphatic heterocycles. The molecule has 0 fully saturated rings. The van der Waals surface area contributed by atoms with E-state index in [9.17, 15) is 0 Å². The Morgan fingerprint density at radius 3 is 2.56 bits per heavy atom. The minimum Gasteiger partial charge on any atom is -0.0807 e. The zero-order chi connectivity index (χ0) is 11.4. The lowest BCUT2D eigenvalue weighted by atomic mass is 9.98. The Balaban J connectivity index is 2.05. The van der Waals surface area contributed by atoms with Gasteiger partial charge in [-0.3, -0.25) is 0 Å². The van der Waals surface area contributed by atoms with E-state index in [0.29, 0.717) is 0 Å².